The van der Waals surface area contributed by atoms with Gasteiger partial charge in [-0.3, -0.25) is 4.79 Å². The van der Waals surface area contributed by atoms with Gasteiger partial charge in [0.15, 0.2) is 0 Å². The first-order valence-corrected chi connectivity index (χ1v) is 6.52. The Morgan fingerprint density at radius 2 is 2.11 bits per heavy atom. The number of carbonyl (C=O) groups excluding carboxylic acids is 1. The molecule has 1 fully saturated rings. The van der Waals surface area contributed by atoms with E-state index in [0.29, 0.717) is 5.56 Å². The lowest BCUT2D eigenvalue weighted by molar-refractivity contribution is 0.0489. The van der Waals surface area contributed by atoms with Crippen molar-refractivity contribution in [2.45, 2.75) is 45.2 Å². The summed E-state index contributed by atoms with van der Waals surface area (Å²) in [5, 5.41) is 8.92. The quantitative estimate of drug-likeness (QED) is 0.902. The highest BCUT2D eigenvalue weighted by Crippen LogP contribution is 2.28. The molecule has 0 aliphatic heterocycles. The summed E-state index contributed by atoms with van der Waals surface area (Å²) in [6.45, 7) is 3.96. The lowest BCUT2D eigenvalue weighted by atomic mass is 9.90. The summed E-state index contributed by atoms with van der Waals surface area (Å²) in [7, 11) is 0. The molecule has 102 valence electrons. The van der Waals surface area contributed by atoms with Gasteiger partial charge in [0.2, 0.25) is 0 Å². The summed E-state index contributed by atoms with van der Waals surface area (Å²) < 4.78 is 0. The van der Waals surface area contributed by atoms with Gasteiger partial charge < -0.3 is 10.0 Å². The number of nitrogens with zero attached hydrogens (tertiary/aromatic N) is 2. The number of carboxylic acids is 1. The zero-order valence-corrected chi connectivity index (χ0v) is 11.2. The number of amides is 1. The van der Waals surface area contributed by atoms with Crippen molar-refractivity contribution < 1.29 is 14.7 Å². The number of hydrogen-bond acceptors (Lipinski definition) is 3. The molecule has 1 aromatic rings. The zero-order chi connectivity index (χ0) is 14.0. The van der Waals surface area contributed by atoms with Crippen LogP contribution in [0.4, 0.5) is 0 Å². The summed E-state index contributed by atoms with van der Waals surface area (Å²) in [5.41, 5.74) is 0.302. The Balaban J connectivity index is 2.26. The van der Waals surface area contributed by atoms with E-state index in [1.165, 1.54) is 12.3 Å². The van der Waals surface area contributed by atoms with E-state index in [2.05, 4.69) is 4.98 Å². The van der Waals surface area contributed by atoms with Crippen molar-refractivity contribution >= 4 is 11.9 Å². The van der Waals surface area contributed by atoms with Crippen LogP contribution in [0.5, 0.6) is 0 Å². The fraction of sp³-hybridized carbons (Fsp3) is 0.500. The number of aromatic carboxylic acids is 1. The molecule has 1 amide bonds. The molecule has 1 heterocycles. The Labute approximate surface area is 112 Å². The Morgan fingerprint density at radius 3 is 2.58 bits per heavy atom. The molecule has 1 N–H and O–H groups in total. The molecule has 0 saturated heterocycles. The number of aromatic nitrogens is 1. The standard InChI is InChI=1S/C14H18N2O3/c1-9(2)16(11-4-3-5-11)13(17)10-6-7-15-12(8-10)14(18)19/h6-9,11H,3-5H2,1-2H3,(H,18,19). The predicted octanol–water partition coefficient (Wildman–Crippen LogP) is 2.18. The first-order valence-electron chi connectivity index (χ1n) is 6.52. The summed E-state index contributed by atoms with van der Waals surface area (Å²) in [5.74, 6) is -1.22. The molecule has 0 bridgehead atoms. The number of rotatable bonds is 4. The molecule has 1 aliphatic rings. The minimum atomic E-state index is -1.12. The van der Waals surface area contributed by atoms with E-state index >= 15 is 0 Å². The van der Waals surface area contributed by atoms with E-state index in [4.69, 9.17) is 5.11 Å². The monoisotopic (exact) mass is 262 g/mol. The Hall–Kier alpha value is -1.91. The van der Waals surface area contributed by atoms with Gasteiger partial charge in [0.25, 0.3) is 5.91 Å². The molecule has 0 atom stereocenters. The van der Waals surface area contributed by atoms with Crippen molar-refractivity contribution in [3.8, 4) is 0 Å². The summed E-state index contributed by atoms with van der Waals surface area (Å²) in [6, 6.07) is 3.31. The molecule has 1 saturated carbocycles. The lowest BCUT2D eigenvalue weighted by Gasteiger charge is -2.40. The largest absolute Gasteiger partial charge is 0.477 e. The second kappa shape index (κ2) is 5.38. The maximum absolute atomic E-state index is 12.5. The van der Waals surface area contributed by atoms with Crippen molar-refractivity contribution in [1.82, 2.24) is 9.88 Å². The van der Waals surface area contributed by atoms with Crippen LogP contribution in [0, 0.1) is 0 Å². The number of carboxylic acid groups (broad SMARTS) is 1. The highest BCUT2D eigenvalue weighted by atomic mass is 16.4. The van der Waals surface area contributed by atoms with Gasteiger partial charge in [-0.1, -0.05) is 0 Å². The Kier molecular flexibility index (Phi) is 3.83. The van der Waals surface area contributed by atoms with Crippen LogP contribution in [0.2, 0.25) is 0 Å². The molecule has 0 aromatic carbocycles. The first-order chi connectivity index (χ1) is 9.00. The molecule has 2 rings (SSSR count). The normalized spacial score (nSPS) is 15.1. The highest BCUT2D eigenvalue weighted by Gasteiger charge is 2.31. The minimum Gasteiger partial charge on any atom is -0.477 e. The van der Waals surface area contributed by atoms with E-state index in [9.17, 15) is 9.59 Å². The number of pyridine rings is 1. The zero-order valence-electron chi connectivity index (χ0n) is 11.2. The molecule has 19 heavy (non-hydrogen) atoms. The van der Waals surface area contributed by atoms with Crippen LogP contribution >= 0.6 is 0 Å². The summed E-state index contributed by atoms with van der Waals surface area (Å²) in [6.07, 6.45) is 4.58. The topological polar surface area (TPSA) is 70.5 Å². The van der Waals surface area contributed by atoms with Gasteiger partial charge in [0.1, 0.15) is 5.69 Å². The second-order valence-corrected chi connectivity index (χ2v) is 5.13. The molecular weight excluding hydrogens is 244 g/mol. The maximum atomic E-state index is 12.5. The average molecular weight is 262 g/mol. The Morgan fingerprint density at radius 1 is 1.42 bits per heavy atom. The molecule has 1 aliphatic carbocycles. The second-order valence-electron chi connectivity index (χ2n) is 5.13. The van der Waals surface area contributed by atoms with Gasteiger partial charge in [-0.05, 0) is 45.2 Å². The van der Waals surface area contributed by atoms with Gasteiger partial charge in [0, 0.05) is 23.8 Å². The van der Waals surface area contributed by atoms with Gasteiger partial charge in [0.05, 0.1) is 0 Å². The highest BCUT2D eigenvalue weighted by molar-refractivity contribution is 5.97. The van der Waals surface area contributed by atoms with E-state index < -0.39 is 5.97 Å². The van der Waals surface area contributed by atoms with Gasteiger partial charge in [-0.15, -0.1) is 0 Å². The summed E-state index contributed by atoms with van der Waals surface area (Å²) in [4.78, 5) is 29.0. The molecular formula is C14H18N2O3. The van der Waals surface area contributed by atoms with Crippen molar-refractivity contribution in [3.63, 3.8) is 0 Å². The van der Waals surface area contributed by atoms with E-state index in [-0.39, 0.29) is 23.7 Å². The van der Waals surface area contributed by atoms with Crippen molar-refractivity contribution in [1.29, 1.82) is 0 Å². The van der Waals surface area contributed by atoms with Crippen LogP contribution in [0.1, 0.15) is 54.0 Å². The van der Waals surface area contributed by atoms with E-state index in [1.807, 2.05) is 18.7 Å². The van der Waals surface area contributed by atoms with Crippen LogP contribution in [-0.4, -0.2) is 39.0 Å². The third-order valence-electron chi connectivity index (χ3n) is 3.48. The van der Waals surface area contributed by atoms with Crippen LogP contribution in [0.15, 0.2) is 18.3 Å². The van der Waals surface area contributed by atoms with Crippen LogP contribution in [0.25, 0.3) is 0 Å². The Bertz CT molecular complexity index is 495. The number of carbonyl (C=O) groups is 2. The van der Waals surface area contributed by atoms with Crippen molar-refractivity contribution in [3.05, 3.63) is 29.6 Å². The molecule has 5 heteroatoms. The van der Waals surface area contributed by atoms with Crippen LogP contribution in [-0.2, 0) is 0 Å². The van der Waals surface area contributed by atoms with Gasteiger partial charge >= 0.3 is 5.97 Å². The van der Waals surface area contributed by atoms with E-state index in [1.54, 1.807) is 6.07 Å². The SMILES string of the molecule is CC(C)N(C(=O)c1ccnc(C(=O)O)c1)C1CCC1. The molecule has 5 nitrogen and oxygen atoms in total. The van der Waals surface area contributed by atoms with Crippen molar-refractivity contribution in [2.24, 2.45) is 0 Å². The third kappa shape index (κ3) is 2.75. The fourth-order valence-electron chi connectivity index (χ4n) is 2.32. The fourth-order valence-corrected chi connectivity index (χ4v) is 2.32. The number of hydrogen-bond donors (Lipinski definition) is 1. The molecule has 0 radical (unpaired) electrons. The van der Waals surface area contributed by atoms with Gasteiger partial charge in [-0.25, -0.2) is 9.78 Å². The molecule has 1 aromatic heterocycles. The van der Waals surface area contributed by atoms with Crippen LogP contribution < -0.4 is 0 Å². The smallest absolute Gasteiger partial charge is 0.354 e. The molecule has 0 spiro atoms. The minimum absolute atomic E-state index is 0.0943. The predicted molar refractivity (Wildman–Crippen MR) is 70.1 cm³/mol. The maximum Gasteiger partial charge on any atom is 0.354 e. The van der Waals surface area contributed by atoms with E-state index in [0.717, 1.165) is 19.3 Å². The first kappa shape index (κ1) is 13.5. The summed E-state index contributed by atoms with van der Waals surface area (Å²) >= 11 is 0. The molecule has 0 unspecified atom stereocenters. The third-order valence-corrected chi connectivity index (χ3v) is 3.48. The van der Waals surface area contributed by atoms with Crippen LogP contribution in [0.3, 0.4) is 0 Å². The van der Waals surface area contributed by atoms with Gasteiger partial charge in [-0.2, -0.15) is 0 Å². The lowest BCUT2D eigenvalue weighted by Crippen LogP contribution is -2.48. The average Bonchev–Trinajstić information content (AvgIpc) is 2.32. The van der Waals surface area contributed by atoms with Crippen molar-refractivity contribution in [2.75, 3.05) is 0 Å².